The fourth-order valence-electron chi connectivity index (χ4n) is 0.934. The summed E-state index contributed by atoms with van der Waals surface area (Å²) in [4.78, 5) is 21.8. The van der Waals surface area contributed by atoms with Gasteiger partial charge in [0, 0.05) is 0 Å². The zero-order chi connectivity index (χ0) is 11.3. The van der Waals surface area contributed by atoms with Crippen molar-refractivity contribution in [3.8, 4) is 0 Å². The molecule has 5 nitrogen and oxygen atoms in total. The van der Waals surface area contributed by atoms with Crippen LogP contribution in [0.25, 0.3) is 0 Å². The van der Waals surface area contributed by atoms with Gasteiger partial charge in [-0.2, -0.15) is 0 Å². The minimum atomic E-state index is -1.07. The molecule has 0 fully saturated rings. The van der Waals surface area contributed by atoms with Gasteiger partial charge in [0.05, 0.1) is 0 Å². The summed E-state index contributed by atoms with van der Waals surface area (Å²) in [5, 5.41) is 11.7. The Labute approximate surface area is 83.7 Å². The molecule has 0 heterocycles. The Morgan fingerprint density at radius 2 is 1.86 bits per heavy atom. The predicted molar refractivity (Wildman–Crippen MR) is 52.3 cm³/mol. The van der Waals surface area contributed by atoms with Crippen molar-refractivity contribution < 1.29 is 14.7 Å². The number of primary amides is 1. The lowest BCUT2D eigenvalue weighted by molar-refractivity contribution is -0.133. The van der Waals surface area contributed by atoms with E-state index in [1.54, 1.807) is 0 Å². The van der Waals surface area contributed by atoms with Gasteiger partial charge in [-0.3, -0.25) is 9.59 Å². The van der Waals surface area contributed by atoms with Gasteiger partial charge >= 0.3 is 0 Å². The van der Waals surface area contributed by atoms with Crippen molar-refractivity contribution in [2.45, 2.75) is 39.3 Å². The lowest BCUT2D eigenvalue weighted by Gasteiger charge is -2.15. The van der Waals surface area contributed by atoms with Crippen molar-refractivity contribution in [1.82, 2.24) is 5.32 Å². The summed E-state index contributed by atoms with van der Waals surface area (Å²) in [6, 6.07) is -0.746. The molecule has 2 amide bonds. The van der Waals surface area contributed by atoms with Crippen LogP contribution in [-0.4, -0.2) is 29.1 Å². The highest BCUT2D eigenvalue weighted by Crippen LogP contribution is 2.04. The quantitative estimate of drug-likeness (QED) is 0.555. The van der Waals surface area contributed by atoms with Crippen LogP contribution in [0.15, 0.2) is 0 Å². The third kappa shape index (κ3) is 4.81. The minimum Gasteiger partial charge on any atom is -0.383 e. The number of rotatable bonds is 5. The highest BCUT2D eigenvalue weighted by Gasteiger charge is 2.19. The molecule has 0 unspecified atom stereocenters. The molecule has 0 aliphatic carbocycles. The summed E-state index contributed by atoms with van der Waals surface area (Å²) < 4.78 is 0. The lowest BCUT2D eigenvalue weighted by Crippen LogP contribution is -2.46. The molecule has 82 valence electrons. The molecule has 0 bridgehead atoms. The fraction of sp³-hybridized carbons (Fsp3) is 0.778. The van der Waals surface area contributed by atoms with Crippen LogP contribution in [0.5, 0.6) is 0 Å². The molecule has 0 aliphatic rings. The van der Waals surface area contributed by atoms with Crippen molar-refractivity contribution >= 4 is 11.8 Å². The Balaban J connectivity index is 4.01. The van der Waals surface area contributed by atoms with E-state index in [1.165, 1.54) is 6.92 Å². The summed E-state index contributed by atoms with van der Waals surface area (Å²) in [6.45, 7) is 5.27. The average Bonchev–Trinajstić information content (AvgIpc) is 2.02. The first-order valence-electron chi connectivity index (χ1n) is 4.62. The van der Waals surface area contributed by atoms with Gasteiger partial charge in [-0.15, -0.1) is 0 Å². The summed E-state index contributed by atoms with van der Waals surface area (Å²) >= 11 is 0. The molecule has 0 aromatic carbocycles. The van der Waals surface area contributed by atoms with Gasteiger partial charge in [0.25, 0.3) is 0 Å². The Morgan fingerprint density at radius 3 is 2.21 bits per heavy atom. The smallest absolute Gasteiger partial charge is 0.249 e. The summed E-state index contributed by atoms with van der Waals surface area (Å²) in [5.41, 5.74) is 4.95. The molecule has 5 heteroatoms. The van der Waals surface area contributed by atoms with Crippen LogP contribution in [0, 0.1) is 5.92 Å². The van der Waals surface area contributed by atoms with Crippen LogP contribution < -0.4 is 11.1 Å². The van der Waals surface area contributed by atoms with Gasteiger partial charge in [-0.05, 0) is 19.3 Å². The molecule has 14 heavy (non-hydrogen) atoms. The molecule has 0 aromatic rings. The van der Waals surface area contributed by atoms with E-state index in [-0.39, 0.29) is 5.92 Å². The second-order valence-corrected chi connectivity index (χ2v) is 3.78. The van der Waals surface area contributed by atoms with E-state index in [1.807, 2.05) is 13.8 Å². The third-order valence-corrected chi connectivity index (χ3v) is 1.78. The molecule has 0 aromatic heterocycles. The number of carbonyl (C=O) groups is 2. The number of hydrogen-bond donors (Lipinski definition) is 3. The Kier molecular flexibility index (Phi) is 5.15. The monoisotopic (exact) mass is 202 g/mol. The van der Waals surface area contributed by atoms with E-state index in [0.717, 1.165) is 0 Å². The van der Waals surface area contributed by atoms with Gasteiger partial charge < -0.3 is 16.2 Å². The highest BCUT2D eigenvalue weighted by molar-refractivity contribution is 5.88. The number of hydrogen-bond acceptors (Lipinski definition) is 3. The maximum atomic E-state index is 11.2. The molecule has 4 N–H and O–H groups in total. The Hall–Kier alpha value is -1.10. The molecule has 0 spiro atoms. The second kappa shape index (κ2) is 5.59. The third-order valence-electron chi connectivity index (χ3n) is 1.78. The number of amides is 2. The molecule has 2 atom stereocenters. The van der Waals surface area contributed by atoms with Gasteiger partial charge in [0.2, 0.25) is 11.8 Å². The molecule has 0 radical (unpaired) electrons. The predicted octanol–water partition coefficient (Wildman–Crippen LogP) is -0.617. The zero-order valence-electron chi connectivity index (χ0n) is 8.78. The largest absolute Gasteiger partial charge is 0.383 e. The summed E-state index contributed by atoms with van der Waals surface area (Å²) in [5.74, 6) is -0.945. The van der Waals surface area contributed by atoms with E-state index in [0.29, 0.717) is 6.42 Å². The van der Waals surface area contributed by atoms with Crippen molar-refractivity contribution in [1.29, 1.82) is 0 Å². The van der Waals surface area contributed by atoms with Crippen molar-refractivity contribution in [2.24, 2.45) is 11.7 Å². The van der Waals surface area contributed by atoms with E-state index in [2.05, 4.69) is 5.32 Å². The first-order chi connectivity index (χ1) is 6.34. The van der Waals surface area contributed by atoms with Crippen LogP contribution in [0.1, 0.15) is 27.2 Å². The standard InChI is InChI=1S/C9H18N2O3/c1-5(2)4-7(12)9(14)11-6(3)8(10)13/h5-7,12H,4H2,1-3H3,(H2,10,13)(H,11,14)/t6-,7+/m1/s1. The highest BCUT2D eigenvalue weighted by atomic mass is 16.3. The van der Waals surface area contributed by atoms with Crippen LogP contribution in [0.3, 0.4) is 0 Å². The van der Waals surface area contributed by atoms with Gasteiger partial charge in [0.1, 0.15) is 12.1 Å². The molecular formula is C9H18N2O3. The first-order valence-corrected chi connectivity index (χ1v) is 4.62. The normalized spacial score (nSPS) is 14.9. The van der Waals surface area contributed by atoms with Gasteiger partial charge in [0.15, 0.2) is 0 Å². The SMILES string of the molecule is CC(C)C[C@H](O)C(=O)N[C@H](C)C(N)=O. The number of carbonyl (C=O) groups excluding carboxylic acids is 2. The van der Waals surface area contributed by atoms with Gasteiger partial charge in [-0.25, -0.2) is 0 Å². The van der Waals surface area contributed by atoms with Crippen LogP contribution in [-0.2, 0) is 9.59 Å². The lowest BCUT2D eigenvalue weighted by atomic mass is 10.1. The van der Waals surface area contributed by atoms with Crippen molar-refractivity contribution in [3.63, 3.8) is 0 Å². The zero-order valence-corrected chi connectivity index (χ0v) is 8.78. The molecule has 0 aliphatic heterocycles. The van der Waals surface area contributed by atoms with E-state index >= 15 is 0 Å². The van der Waals surface area contributed by atoms with Crippen LogP contribution in [0.2, 0.25) is 0 Å². The van der Waals surface area contributed by atoms with Crippen LogP contribution >= 0.6 is 0 Å². The van der Waals surface area contributed by atoms with E-state index < -0.39 is 24.0 Å². The molecule has 0 saturated carbocycles. The molecule has 0 rings (SSSR count). The maximum Gasteiger partial charge on any atom is 0.249 e. The van der Waals surface area contributed by atoms with Crippen LogP contribution in [0.4, 0.5) is 0 Å². The van der Waals surface area contributed by atoms with Gasteiger partial charge in [-0.1, -0.05) is 13.8 Å². The topological polar surface area (TPSA) is 92.4 Å². The number of nitrogens with two attached hydrogens (primary N) is 1. The van der Waals surface area contributed by atoms with E-state index in [4.69, 9.17) is 5.73 Å². The van der Waals surface area contributed by atoms with Crippen molar-refractivity contribution in [2.75, 3.05) is 0 Å². The first kappa shape index (κ1) is 12.9. The average molecular weight is 202 g/mol. The maximum absolute atomic E-state index is 11.2. The summed E-state index contributed by atoms with van der Waals surface area (Å²) in [6.07, 6.45) is -0.700. The summed E-state index contributed by atoms with van der Waals surface area (Å²) in [7, 11) is 0. The van der Waals surface area contributed by atoms with Crippen molar-refractivity contribution in [3.05, 3.63) is 0 Å². The minimum absolute atomic E-state index is 0.222. The number of aliphatic hydroxyl groups is 1. The molecular weight excluding hydrogens is 184 g/mol. The van der Waals surface area contributed by atoms with E-state index in [9.17, 15) is 14.7 Å². The second-order valence-electron chi connectivity index (χ2n) is 3.78. The Bertz CT molecular complexity index is 216. The number of nitrogens with one attached hydrogen (secondary N) is 1. The Morgan fingerprint density at radius 1 is 1.36 bits per heavy atom. The fourth-order valence-corrected chi connectivity index (χ4v) is 0.934. The molecule has 0 saturated heterocycles. The number of aliphatic hydroxyl groups excluding tert-OH is 1.